The van der Waals surface area contributed by atoms with Gasteiger partial charge in [-0.15, -0.1) is 0 Å². The lowest BCUT2D eigenvalue weighted by molar-refractivity contribution is 0.0955. The Balaban J connectivity index is 1.85. The summed E-state index contributed by atoms with van der Waals surface area (Å²) in [6.07, 6.45) is 4.04. The average Bonchev–Trinajstić information content (AvgIpc) is 2.62. The highest BCUT2D eigenvalue weighted by molar-refractivity contribution is 14.1. The van der Waals surface area contributed by atoms with Crippen molar-refractivity contribution in [3.8, 4) is 0 Å². The molecule has 1 amide bonds. The Morgan fingerprint density at radius 1 is 1.25 bits per heavy atom. The summed E-state index contributed by atoms with van der Waals surface area (Å²) in [6.45, 7) is 11.9. The number of fused-ring (bicyclic) bond motifs is 1. The van der Waals surface area contributed by atoms with Gasteiger partial charge in [0.1, 0.15) is 0 Å². The second-order valence-electron chi connectivity index (χ2n) is 7.66. The van der Waals surface area contributed by atoms with Crippen LogP contribution < -0.4 is 10.3 Å². The minimum atomic E-state index is -0.208. The van der Waals surface area contributed by atoms with E-state index in [9.17, 15) is 4.79 Å². The van der Waals surface area contributed by atoms with E-state index in [-0.39, 0.29) is 11.4 Å². The number of hydrazone groups is 1. The van der Waals surface area contributed by atoms with Gasteiger partial charge in [-0.2, -0.15) is 5.10 Å². The van der Waals surface area contributed by atoms with Crippen LogP contribution in [0, 0.1) is 10.5 Å². The van der Waals surface area contributed by atoms with Crippen LogP contribution in [0.4, 0.5) is 5.69 Å². The number of nitrogens with one attached hydrogen (secondary N) is 1. The van der Waals surface area contributed by atoms with Gasteiger partial charge in [0.05, 0.1) is 11.8 Å². The van der Waals surface area contributed by atoms with Gasteiger partial charge in [0, 0.05) is 26.9 Å². The van der Waals surface area contributed by atoms with E-state index in [1.165, 1.54) is 16.8 Å². The molecule has 146 valence electrons. The molecule has 4 nitrogen and oxygen atoms in total. The van der Waals surface area contributed by atoms with Gasteiger partial charge in [-0.3, -0.25) is 4.79 Å². The third-order valence-corrected chi connectivity index (χ3v) is 5.81. The van der Waals surface area contributed by atoms with Crippen molar-refractivity contribution in [1.82, 2.24) is 5.43 Å². The minimum absolute atomic E-state index is 0.00491. The SMILES string of the molecule is CCN1c2cc(C)c(/C=N\NC(=O)c3cccc(I)c3)cc2C(C)=CC1(C)C. The van der Waals surface area contributed by atoms with E-state index in [0.717, 1.165) is 21.2 Å². The molecule has 2 aromatic rings. The number of rotatable bonds is 4. The number of aryl methyl sites for hydroxylation is 1. The Hall–Kier alpha value is -2.15. The van der Waals surface area contributed by atoms with Gasteiger partial charge in [-0.25, -0.2) is 5.43 Å². The van der Waals surface area contributed by atoms with Gasteiger partial charge in [0.25, 0.3) is 5.91 Å². The highest BCUT2D eigenvalue weighted by Gasteiger charge is 2.30. The standard InChI is InChI=1S/C23H26IN3O/c1-6-27-21-10-15(2)18(12-20(21)16(3)13-23(27,4)5)14-25-26-22(28)17-8-7-9-19(24)11-17/h7-14H,6H2,1-5H3,(H,26,28)/b25-14-. The molecule has 0 saturated heterocycles. The van der Waals surface area contributed by atoms with Gasteiger partial charge in [-0.1, -0.05) is 12.1 Å². The Bertz CT molecular complexity index is 976. The number of benzene rings is 2. The number of hydrogen-bond acceptors (Lipinski definition) is 3. The molecule has 0 aliphatic carbocycles. The lowest BCUT2D eigenvalue weighted by atomic mass is 9.87. The minimum Gasteiger partial charge on any atom is -0.363 e. The van der Waals surface area contributed by atoms with E-state index < -0.39 is 0 Å². The number of halogens is 1. The number of nitrogens with zero attached hydrogens (tertiary/aromatic N) is 2. The second-order valence-corrected chi connectivity index (χ2v) is 8.91. The third kappa shape index (κ3) is 4.14. The summed E-state index contributed by atoms with van der Waals surface area (Å²) >= 11 is 2.19. The molecule has 0 spiro atoms. The fraction of sp³-hybridized carbons (Fsp3) is 0.304. The number of amides is 1. The Morgan fingerprint density at radius 3 is 2.68 bits per heavy atom. The van der Waals surface area contributed by atoms with Crippen molar-refractivity contribution >= 4 is 46.0 Å². The molecule has 0 saturated carbocycles. The number of allylic oxidation sites excluding steroid dienone is 1. The zero-order valence-electron chi connectivity index (χ0n) is 17.0. The summed E-state index contributed by atoms with van der Waals surface area (Å²) < 4.78 is 1.02. The van der Waals surface area contributed by atoms with Crippen molar-refractivity contribution in [1.29, 1.82) is 0 Å². The molecule has 1 aliphatic rings. The fourth-order valence-electron chi connectivity index (χ4n) is 3.82. The molecule has 0 fully saturated rings. The van der Waals surface area contributed by atoms with Crippen LogP contribution in [0.1, 0.15) is 54.7 Å². The van der Waals surface area contributed by atoms with Gasteiger partial charge in [0.15, 0.2) is 0 Å². The van der Waals surface area contributed by atoms with E-state index in [1.54, 1.807) is 12.3 Å². The smallest absolute Gasteiger partial charge is 0.271 e. The first-order valence-electron chi connectivity index (χ1n) is 9.44. The first kappa shape index (κ1) is 20.6. The van der Waals surface area contributed by atoms with Crippen molar-refractivity contribution in [2.75, 3.05) is 11.4 Å². The average molecular weight is 487 g/mol. The highest BCUT2D eigenvalue weighted by atomic mass is 127. The van der Waals surface area contributed by atoms with Crippen LogP contribution in [0.25, 0.3) is 5.57 Å². The molecule has 3 rings (SSSR count). The van der Waals surface area contributed by atoms with E-state index in [0.29, 0.717) is 5.56 Å². The Morgan fingerprint density at radius 2 is 2.00 bits per heavy atom. The lowest BCUT2D eigenvalue weighted by Gasteiger charge is -2.43. The molecule has 2 aromatic carbocycles. The van der Waals surface area contributed by atoms with Crippen molar-refractivity contribution in [2.45, 2.75) is 40.2 Å². The highest BCUT2D eigenvalue weighted by Crippen LogP contribution is 2.39. The molecule has 0 bridgehead atoms. The quantitative estimate of drug-likeness (QED) is 0.357. The summed E-state index contributed by atoms with van der Waals surface area (Å²) in [4.78, 5) is 14.7. The number of carbonyl (C=O) groups excluding carboxylic acids is 1. The summed E-state index contributed by atoms with van der Waals surface area (Å²) in [5.74, 6) is -0.208. The molecular formula is C23H26IN3O. The van der Waals surface area contributed by atoms with Crippen LogP contribution >= 0.6 is 22.6 Å². The maximum Gasteiger partial charge on any atom is 0.271 e. The van der Waals surface area contributed by atoms with Crippen LogP contribution in [-0.4, -0.2) is 24.2 Å². The molecule has 0 atom stereocenters. The monoisotopic (exact) mass is 487 g/mol. The summed E-state index contributed by atoms with van der Waals surface area (Å²) in [7, 11) is 0. The zero-order chi connectivity index (χ0) is 20.5. The molecule has 0 radical (unpaired) electrons. The van der Waals surface area contributed by atoms with Gasteiger partial charge in [-0.05, 0) is 104 Å². The second kappa shape index (κ2) is 8.07. The first-order valence-corrected chi connectivity index (χ1v) is 10.5. The summed E-state index contributed by atoms with van der Waals surface area (Å²) in [6, 6.07) is 11.8. The van der Waals surface area contributed by atoms with Crippen LogP contribution in [0.2, 0.25) is 0 Å². The summed E-state index contributed by atoms with van der Waals surface area (Å²) in [5, 5.41) is 4.19. The maximum atomic E-state index is 12.3. The Labute approximate surface area is 180 Å². The predicted octanol–water partition coefficient (Wildman–Crippen LogP) is 5.39. The number of carbonyl (C=O) groups is 1. The third-order valence-electron chi connectivity index (χ3n) is 5.14. The molecule has 1 heterocycles. The van der Waals surface area contributed by atoms with E-state index in [1.807, 2.05) is 18.2 Å². The maximum absolute atomic E-state index is 12.3. The van der Waals surface area contributed by atoms with Crippen LogP contribution in [0.15, 0.2) is 47.6 Å². The first-order chi connectivity index (χ1) is 13.2. The van der Waals surface area contributed by atoms with Gasteiger partial charge >= 0.3 is 0 Å². The van der Waals surface area contributed by atoms with E-state index in [2.05, 4.69) is 90.8 Å². The van der Waals surface area contributed by atoms with Crippen molar-refractivity contribution in [2.24, 2.45) is 5.10 Å². The number of likely N-dealkylation sites (N-methyl/N-ethyl adjacent to an activating group) is 1. The van der Waals surface area contributed by atoms with E-state index in [4.69, 9.17) is 0 Å². The normalized spacial score (nSPS) is 15.4. The summed E-state index contributed by atoms with van der Waals surface area (Å²) in [5.41, 5.74) is 9.11. The largest absolute Gasteiger partial charge is 0.363 e. The van der Waals surface area contributed by atoms with Crippen molar-refractivity contribution in [3.05, 3.63) is 68.3 Å². The van der Waals surface area contributed by atoms with Crippen molar-refractivity contribution < 1.29 is 4.79 Å². The topological polar surface area (TPSA) is 44.7 Å². The van der Waals surface area contributed by atoms with Crippen molar-refractivity contribution in [3.63, 3.8) is 0 Å². The van der Waals surface area contributed by atoms with Crippen LogP contribution in [0.5, 0.6) is 0 Å². The molecule has 0 unspecified atom stereocenters. The molecule has 1 aliphatic heterocycles. The molecule has 28 heavy (non-hydrogen) atoms. The number of hydrogen-bond donors (Lipinski definition) is 1. The molecule has 1 N–H and O–H groups in total. The van der Waals surface area contributed by atoms with E-state index >= 15 is 0 Å². The predicted molar refractivity (Wildman–Crippen MR) is 126 cm³/mol. The van der Waals surface area contributed by atoms with Crippen LogP contribution in [0.3, 0.4) is 0 Å². The molecular weight excluding hydrogens is 461 g/mol. The zero-order valence-corrected chi connectivity index (χ0v) is 19.2. The molecule has 5 heteroatoms. The van der Waals surface area contributed by atoms with Crippen LogP contribution in [-0.2, 0) is 0 Å². The Kier molecular flexibility index (Phi) is 5.93. The number of anilines is 1. The fourth-order valence-corrected chi connectivity index (χ4v) is 4.36. The lowest BCUT2D eigenvalue weighted by Crippen LogP contribution is -2.45. The van der Waals surface area contributed by atoms with Gasteiger partial charge in [0.2, 0.25) is 0 Å². The molecule has 0 aromatic heterocycles. The van der Waals surface area contributed by atoms with Gasteiger partial charge < -0.3 is 4.90 Å².